The second-order valence-corrected chi connectivity index (χ2v) is 6.51. The Morgan fingerprint density at radius 1 is 0.731 bits per heavy atom. The number of hydrogen-bond acceptors (Lipinski definition) is 1. The fourth-order valence-corrected chi connectivity index (χ4v) is 3.29. The Kier molecular flexibility index (Phi) is 5.53. The van der Waals surface area contributed by atoms with Crippen molar-refractivity contribution in [3.05, 3.63) is 95.8 Å². The van der Waals surface area contributed by atoms with Crippen molar-refractivity contribution >= 4 is 24.1 Å². The minimum atomic E-state index is 0.879. The molecule has 0 fully saturated rings. The van der Waals surface area contributed by atoms with E-state index in [4.69, 9.17) is 7.85 Å². The molecule has 0 aliphatic carbocycles. The first-order chi connectivity index (χ1) is 12.6. The zero-order chi connectivity index (χ0) is 18.5. The van der Waals surface area contributed by atoms with Crippen molar-refractivity contribution < 1.29 is 0 Å². The number of pyridine rings is 1. The smallest absolute Gasteiger partial charge is 0.114 e. The van der Waals surface area contributed by atoms with Crippen LogP contribution in [0.25, 0.3) is 21.9 Å². The van der Waals surface area contributed by atoms with Crippen molar-refractivity contribution in [1.29, 1.82) is 0 Å². The molecule has 0 amide bonds. The molecule has 1 aromatic heterocycles. The van der Waals surface area contributed by atoms with Gasteiger partial charge in [-0.1, -0.05) is 71.7 Å². The molecule has 3 aromatic carbocycles. The van der Waals surface area contributed by atoms with E-state index in [1.165, 1.54) is 21.9 Å². The maximum Gasteiger partial charge on any atom is 0.114 e. The van der Waals surface area contributed by atoms with Gasteiger partial charge in [0.25, 0.3) is 0 Å². The molecule has 0 bridgehead atoms. The highest BCUT2D eigenvalue weighted by Gasteiger charge is 2.09. The second kappa shape index (κ2) is 8.01. The number of rotatable bonds is 1. The lowest BCUT2D eigenvalue weighted by molar-refractivity contribution is 1.30. The predicted molar refractivity (Wildman–Crippen MR) is 113 cm³/mol. The van der Waals surface area contributed by atoms with E-state index in [2.05, 4.69) is 79.5 Å². The standard InChI is InChI=1S/C14H14BN.C10H8/c1-9-7-10(2)14(15)11(3)13(9)12-5-4-6-16-8-12;1-2-6-10-8-4-3-7-9(10)5-1/h4-8H,1-3H3;1-8H. The van der Waals surface area contributed by atoms with Gasteiger partial charge < -0.3 is 0 Å². The van der Waals surface area contributed by atoms with E-state index in [1.54, 1.807) is 6.20 Å². The fourth-order valence-electron chi connectivity index (χ4n) is 3.29. The molecule has 4 aromatic rings. The summed E-state index contributed by atoms with van der Waals surface area (Å²) in [7, 11) is 6.07. The normalized spacial score (nSPS) is 10.3. The Morgan fingerprint density at radius 2 is 1.31 bits per heavy atom. The first-order valence-electron chi connectivity index (χ1n) is 8.78. The highest BCUT2D eigenvalue weighted by atomic mass is 14.6. The Balaban J connectivity index is 0.000000167. The lowest BCUT2D eigenvalue weighted by Gasteiger charge is -2.15. The van der Waals surface area contributed by atoms with E-state index in [9.17, 15) is 0 Å². The third-order valence-corrected chi connectivity index (χ3v) is 4.64. The van der Waals surface area contributed by atoms with Gasteiger partial charge in [-0.05, 0) is 54.3 Å². The second-order valence-electron chi connectivity index (χ2n) is 6.51. The summed E-state index contributed by atoms with van der Waals surface area (Å²) in [4.78, 5) is 4.15. The minimum Gasteiger partial charge on any atom is -0.264 e. The first-order valence-corrected chi connectivity index (χ1v) is 8.78. The Labute approximate surface area is 157 Å². The van der Waals surface area contributed by atoms with Crippen LogP contribution in [0.4, 0.5) is 0 Å². The van der Waals surface area contributed by atoms with Crippen LogP contribution in [0.3, 0.4) is 0 Å². The van der Waals surface area contributed by atoms with Gasteiger partial charge in [0.15, 0.2) is 0 Å². The molecule has 0 aliphatic heterocycles. The molecule has 126 valence electrons. The maximum absolute atomic E-state index is 6.07. The molecular weight excluding hydrogens is 313 g/mol. The molecular formula is C24H22BN. The minimum absolute atomic E-state index is 0.879. The molecule has 1 heterocycles. The third-order valence-electron chi connectivity index (χ3n) is 4.64. The average molecular weight is 335 g/mol. The highest BCUT2D eigenvalue weighted by molar-refractivity contribution is 6.35. The zero-order valence-corrected chi connectivity index (χ0v) is 15.5. The largest absolute Gasteiger partial charge is 0.264 e. The molecule has 0 saturated heterocycles. The first kappa shape index (κ1) is 17.9. The Hall–Kier alpha value is -2.87. The van der Waals surface area contributed by atoms with E-state index in [0.29, 0.717) is 0 Å². The molecule has 2 radical (unpaired) electrons. The Bertz CT molecular complexity index is 957. The van der Waals surface area contributed by atoms with Crippen LogP contribution in [0.5, 0.6) is 0 Å². The van der Waals surface area contributed by atoms with Gasteiger partial charge in [-0.25, -0.2) is 0 Å². The zero-order valence-electron chi connectivity index (χ0n) is 15.5. The van der Waals surface area contributed by atoms with E-state index < -0.39 is 0 Å². The predicted octanol–water partition coefficient (Wildman–Crippen LogP) is 5.31. The van der Waals surface area contributed by atoms with Crippen LogP contribution in [0.2, 0.25) is 0 Å². The van der Waals surface area contributed by atoms with Crippen molar-refractivity contribution in [3.8, 4) is 11.1 Å². The molecule has 2 heteroatoms. The fraction of sp³-hybridized carbons (Fsp3) is 0.125. The van der Waals surface area contributed by atoms with Gasteiger partial charge in [0.1, 0.15) is 7.85 Å². The Morgan fingerprint density at radius 3 is 1.81 bits per heavy atom. The van der Waals surface area contributed by atoms with Gasteiger partial charge in [0.2, 0.25) is 0 Å². The molecule has 0 saturated carbocycles. The monoisotopic (exact) mass is 335 g/mol. The van der Waals surface area contributed by atoms with Crippen LogP contribution < -0.4 is 5.46 Å². The van der Waals surface area contributed by atoms with E-state index in [0.717, 1.165) is 22.2 Å². The van der Waals surface area contributed by atoms with Crippen molar-refractivity contribution in [1.82, 2.24) is 4.98 Å². The molecule has 0 aliphatic rings. The van der Waals surface area contributed by atoms with Crippen LogP contribution in [-0.4, -0.2) is 12.8 Å². The van der Waals surface area contributed by atoms with Gasteiger partial charge in [0.05, 0.1) is 0 Å². The maximum atomic E-state index is 6.07. The number of nitrogens with zero attached hydrogens (tertiary/aromatic N) is 1. The number of hydrogen-bond donors (Lipinski definition) is 0. The topological polar surface area (TPSA) is 12.9 Å². The number of benzene rings is 3. The molecule has 0 N–H and O–H groups in total. The summed E-state index contributed by atoms with van der Waals surface area (Å²) in [6, 6.07) is 22.9. The van der Waals surface area contributed by atoms with Gasteiger partial charge in [-0.15, -0.1) is 0 Å². The average Bonchev–Trinajstić information content (AvgIpc) is 2.68. The summed E-state index contributed by atoms with van der Waals surface area (Å²) in [5.41, 5.74) is 6.75. The SMILES string of the molecule is [B]c1c(C)cc(C)c(-c2cccnc2)c1C.c1ccc2ccccc2c1. The van der Waals surface area contributed by atoms with Crippen molar-refractivity contribution in [2.75, 3.05) is 0 Å². The quantitative estimate of drug-likeness (QED) is 0.430. The number of fused-ring (bicyclic) bond motifs is 1. The van der Waals surface area contributed by atoms with Crippen LogP contribution in [-0.2, 0) is 0 Å². The summed E-state index contributed by atoms with van der Waals surface area (Å²) in [5.74, 6) is 0. The molecule has 1 nitrogen and oxygen atoms in total. The van der Waals surface area contributed by atoms with E-state index in [-0.39, 0.29) is 0 Å². The van der Waals surface area contributed by atoms with Crippen LogP contribution in [0.1, 0.15) is 16.7 Å². The van der Waals surface area contributed by atoms with Gasteiger partial charge in [-0.2, -0.15) is 0 Å². The van der Waals surface area contributed by atoms with Crippen molar-refractivity contribution in [3.63, 3.8) is 0 Å². The summed E-state index contributed by atoms with van der Waals surface area (Å²) >= 11 is 0. The molecule has 26 heavy (non-hydrogen) atoms. The summed E-state index contributed by atoms with van der Waals surface area (Å²) in [5, 5.41) is 2.62. The van der Waals surface area contributed by atoms with Gasteiger partial charge in [-0.3, -0.25) is 4.98 Å². The van der Waals surface area contributed by atoms with Crippen LogP contribution in [0, 0.1) is 20.8 Å². The van der Waals surface area contributed by atoms with Crippen LogP contribution >= 0.6 is 0 Å². The van der Waals surface area contributed by atoms with E-state index >= 15 is 0 Å². The van der Waals surface area contributed by atoms with E-state index in [1.807, 2.05) is 19.2 Å². The molecule has 0 spiro atoms. The number of aromatic nitrogens is 1. The van der Waals surface area contributed by atoms with Crippen LogP contribution in [0.15, 0.2) is 79.1 Å². The molecule has 4 rings (SSSR count). The van der Waals surface area contributed by atoms with Crippen molar-refractivity contribution in [2.45, 2.75) is 20.8 Å². The summed E-state index contributed by atoms with van der Waals surface area (Å²) in [6.07, 6.45) is 3.66. The summed E-state index contributed by atoms with van der Waals surface area (Å²) < 4.78 is 0. The van der Waals surface area contributed by atoms with Gasteiger partial charge >= 0.3 is 0 Å². The molecule has 0 atom stereocenters. The lowest BCUT2D eigenvalue weighted by atomic mass is 9.81. The lowest BCUT2D eigenvalue weighted by Crippen LogP contribution is -2.14. The molecule has 0 unspecified atom stereocenters. The third kappa shape index (κ3) is 3.86. The van der Waals surface area contributed by atoms with Crippen molar-refractivity contribution in [2.24, 2.45) is 0 Å². The summed E-state index contributed by atoms with van der Waals surface area (Å²) in [6.45, 7) is 6.22. The number of aryl methyl sites for hydroxylation is 2. The highest BCUT2D eigenvalue weighted by Crippen LogP contribution is 2.26. The van der Waals surface area contributed by atoms with Gasteiger partial charge in [0, 0.05) is 18.0 Å².